The maximum absolute atomic E-state index is 11.9. The summed E-state index contributed by atoms with van der Waals surface area (Å²) in [4.78, 5) is 33.7. The number of anilines is 1. The van der Waals surface area contributed by atoms with Crippen molar-refractivity contribution in [2.75, 3.05) is 5.32 Å². The monoisotopic (exact) mass is 290 g/mol. The number of hydrogen-bond acceptors (Lipinski definition) is 3. The molecule has 0 bridgehead atoms. The second kappa shape index (κ2) is 6.39. The van der Waals surface area contributed by atoms with Gasteiger partial charge in [-0.25, -0.2) is 0 Å². The topological polar surface area (TPSA) is 95.5 Å². The van der Waals surface area contributed by atoms with Gasteiger partial charge in [0.2, 0.25) is 11.8 Å². The van der Waals surface area contributed by atoms with Gasteiger partial charge in [0.1, 0.15) is 6.04 Å². The number of rotatable bonds is 5. The van der Waals surface area contributed by atoms with Gasteiger partial charge < -0.3 is 15.7 Å². The summed E-state index contributed by atoms with van der Waals surface area (Å²) >= 11 is 0. The van der Waals surface area contributed by atoms with Crippen LogP contribution in [0.4, 0.5) is 5.69 Å². The molecule has 2 atom stereocenters. The van der Waals surface area contributed by atoms with Gasteiger partial charge in [-0.05, 0) is 30.0 Å². The van der Waals surface area contributed by atoms with Gasteiger partial charge in [0.15, 0.2) is 0 Å². The van der Waals surface area contributed by atoms with Crippen LogP contribution in [0.15, 0.2) is 24.3 Å². The quantitative estimate of drug-likeness (QED) is 0.765. The van der Waals surface area contributed by atoms with Crippen LogP contribution in [0.2, 0.25) is 0 Å². The van der Waals surface area contributed by atoms with Crippen LogP contribution in [-0.2, 0) is 14.4 Å². The largest absolute Gasteiger partial charge is 0.481 e. The Morgan fingerprint density at radius 2 is 2.05 bits per heavy atom. The average Bonchev–Trinajstić information content (AvgIpc) is 2.85. The molecule has 0 saturated carbocycles. The number of carbonyl (C=O) groups is 3. The van der Waals surface area contributed by atoms with Crippen molar-refractivity contribution < 1.29 is 19.5 Å². The van der Waals surface area contributed by atoms with Gasteiger partial charge in [-0.2, -0.15) is 0 Å². The highest BCUT2D eigenvalue weighted by molar-refractivity contribution is 5.98. The fraction of sp³-hybridized carbons (Fsp3) is 0.400. The Bertz CT molecular complexity index is 553. The maximum atomic E-state index is 11.9. The lowest BCUT2D eigenvalue weighted by Crippen LogP contribution is -2.37. The van der Waals surface area contributed by atoms with Crippen LogP contribution in [0.1, 0.15) is 37.7 Å². The number of amides is 2. The van der Waals surface area contributed by atoms with Gasteiger partial charge >= 0.3 is 5.97 Å². The first-order valence-electron chi connectivity index (χ1n) is 6.87. The van der Waals surface area contributed by atoms with Crippen molar-refractivity contribution in [1.29, 1.82) is 0 Å². The lowest BCUT2D eigenvalue weighted by Gasteiger charge is -2.13. The molecule has 1 fully saturated rings. The predicted octanol–water partition coefficient (Wildman–Crippen LogP) is 1.48. The molecule has 0 aliphatic carbocycles. The van der Waals surface area contributed by atoms with E-state index in [-0.39, 0.29) is 24.2 Å². The van der Waals surface area contributed by atoms with Crippen LogP contribution in [-0.4, -0.2) is 28.9 Å². The van der Waals surface area contributed by atoms with Crippen molar-refractivity contribution in [2.45, 2.75) is 38.1 Å². The van der Waals surface area contributed by atoms with Crippen LogP contribution in [0, 0.1) is 0 Å². The van der Waals surface area contributed by atoms with Crippen molar-refractivity contribution >= 4 is 23.5 Å². The molecule has 2 amide bonds. The van der Waals surface area contributed by atoms with E-state index in [4.69, 9.17) is 5.11 Å². The summed E-state index contributed by atoms with van der Waals surface area (Å²) in [5, 5.41) is 14.1. The van der Waals surface area contributed by atoms with Gasteiger partial charge in [-0.15, -0.1) is 0 Å². The molecule has 3 N–H and O–H groups in total. The first-order valence-corrected chi connectivity index (χ1v) is 6.87. The summed E-state index contributed by atoms with van der Waals surface area (Å²) in [5.74, 6) is -1.25. The lowest BCUT2D eigenvalue weighted by atomic mass is 9.98. The molecule has 1 aliphatic heterocycles. The molecule has 0 radical (unpaired) electrons. The van der Waals surface area contributed by atoms with Crippen LogP contribution in [0.3, 0.4) is 0 Å². The second-order valence-corrected chi connectivity index (χ2v) is 5.27. The molecule has 112 valence electrons. The van der Waals surface area contributed by atoms with Crippen LogP contribution in [0.25, 0.3) is 0 Å². The molecule has 1 heterocycles. The summed E-state index contributed by atoms with van der Waals surface area (Å²) in [7, 11) is 0. The minimum absolute atomic E-state index is 0.0693. The van der Waals surface area contributed by atoms with E-state index in [2.05, 4.69) is 10.6 Å². The number of carboxylic acid groups (broad SMARTS) is 1. The van der Waals surface area contributed by atoms with E-state index in [1.165, 1.54) is 0 Å². The number of hydrogen-bond donors (Lipinski definition) is 3. The zero-order valence-electron chi connectivity index (χ0n) is 11.8. The third-order valence-electron chi connectivity index (χ3n) is 3.54. The van der Waals surface area contributed by atoms with E-state index in [1.54, 1.807) is 24.3 Å². The molecule has 21 heavy (non-hydrogen) atoms. The Kier molecular flexibility index (Phi) is 4.57. The highest BCUT2D eigenvalue weighted by Gasteiger charge is 2.27. The summed E-state index contributed by atoms with van der Waals surface area (Å²) in [6.45, 7) is 1.84. The first-order chi connectivity index (χ1) is 9.95. The summed E-state index contributed by atoms with van der Waals surface area (Å²) in [6, 6.07) is 6.61. The highest BCUT2D eigenvalue weighted by Crippen LogP contribution is 2.21. The van der Waals surface area contributed by atoms with Gasteiger partial charge in [-0.3, -0.25) is 14.4 Å². The molecule has 6 heteroatoms. The Hall–Kier alpha value is -2.37. The Balaban J connectivity index is 1.94. The molecule has 1 aliphatic rings. The number of aliphatic carboxylic acids is 1. The molecule has 0 spiro atoms. The van der Waals surface area contributed by atoms with Crippen molar-refractivity contribution in [3.05, 3.63) is 29.8 Å². The Morgan fingerprint density at radius 1 is 1.38 bits per heavy atom. The predicted molar refractivity (Wildman–Crippen MR) is 76.9 cm³/mol. The molecule has 1 aromatic rings. The van der Waals surface area contributed by atoms with E-state index < -0.39 is 12.0 Å². The normalized spacial score (nSPS) is 18.9. The molecule has 6 nitrogen and oxygen atoms in total. The first kappa shape index (κ1) is 15.0. The zero-order valence-corrected chi connectivity index (χ0v) is 11.8. The SMILES string of the molecule is CC(CC(=O)O)c1ccc(NC(=O)C2CCC(=O)N2)cc1. The smallest absolute Gasteiger partial charge is 0.303 e. The summed E-state index contributed by atoms with van der Waals surface area (Å²) in [6.07, 6.45) is 0.960. The van der Waals surface area contributed by atoms with Crippen LogP contribution >= 0.6 is 0 Å². The van der Waals surface area contributed by atoms with Crippen molar-refractivity contribution in [1.82, 2.24) is 5.32 Å². The van der Waals surface area contributed by atoms with Crippen molar-refractivity contribution in [3.8, 4) is 0 Å². The molecular weight excluding hydrogens is 272 g/mol. The average molecular weight is 290 g/mol. The number of carboxylic acids is 1. The van der Waals surface area contributed by atoms with E-state index in [0.29, 0.717) is 18.5 Å². The van der Waals surface area contributed by atoms with Crippen LogP contribution in [0.5, 0.6) is 0 Å². The minimum atomic E-state index is -0.836. The van der Waals surface area contributed by atoms with Crippen molar-refractivity contribution in [3.63, 3.8) is 0 Å². The summed E-state index contributed by atoms with van der Waals surface area (Å²) < 4.78 is 0. The molecule has 2 rings (SSSR count). The van der Waals surface area contributed by atoms with E-state index in [0.717, 1.165) is 5.56 Å². The third-order valence-corrected chi connectivity index (χ3v) is 3.54. The molecule has 2 unspecified atom stereocenters. The molecule has 0 aromatic heterocycles. The van der Waals surface area contributed by atoms with Gasteiger partial charge in [0.05, 0.1) is 6.42 Å². The molecule has 1 saturated heterocycles. The number of benzene rings is 1. The number of nitrogens with one attached hydrogen (secondary N) is 2. The standard InChI is InChI=1S/C15H18N2O4/c1-9(8-14(19)20)10-2-4-11(5-3-10)16-15(21)12-6-7-13(18)17-12/h2-5,9,12H,6-8H2,1H3,(H,16,21)(H,17,18)(H,19,20). The fourth-order valence-electron chi connectivity index (χ4n) is 2.31. The fourth-order valence-corrected chi connectivity index (χ4v) is 2.31. The van der Waals surface area contributed by atoms with Crippen LogP contribution < -0.4 is 10.6 Å². The van der Waals surface area contributed by atoms with Gasteiger partial charge in [-0.1, -0.05) is 19.1 Å². The number of carbonyl (C=O) groups excluding carboxylic acids is 2. The highest BCUT2D eigenvalue weighted by atomic mass is 16.4. The molecular formula is C15H18N2O4. The Labute approximate surface area is 122 Å². The van der Waals surface area contributed by atoms with E-state index in [1.807, 2.05) is 6.92 Å². The maximum Gasteiger partial charge on any atom is 0.303 e. The Morgan fingerprint density at radius 3 is 2.57 bits per heavy atom. The van der Waals surface area contributed by atoms with E-state index in [9.17, 15) is 14.4 Å². The minimum Gasteiger partial charge on any atom is -0.481 e. The second-order valence-electron chi connectivity index (χ2n) is 5.27. The third kappa shape index (κ3) is 4.05. The van der Waals surface area contributed by atoms with E-state index >= 15 is 0 Å². The lowest BCUT2D eigenvalue weighted by molar-refractivity contribution is -0.137. The van der Waals surface area contributed by atoms with Crippen molar-refractivity contribution in [2.24, 2.45) is 0 Å². The zero-order chi connectivity index (χ0) is 15.4. The summed E-state index contributed by atoms with van der Waals surface area (Å²) in [5.41, 5.74) is 1.54. The molecule has 1 aromatic carbocycles. The van der Waals surface area contributed by atoms with Gasteiger partial charge in [0, 0.05) is 12.1 Å². The van der Waals surface area contributed by atoms with Gasteiger partial charge in [0.25, 0.3) is 0 Å².